The molecule has 5 heteroatoms. The van der Waals surface area contributed by atoms with Crippen LogP contribution in [0.25, 0.3) is 11.1 Å². The molecular weight excluding hydrogens is 326 g/mol. The summed E-state index contributed by atoms with van der Waals surface area (Å²) in [6.45, 7) is 2.06. The summed E-state index contributed by atoms with van der Waals surface area (Å²) in [5.74, 6) is -0.0513. The molecule has 2 aliphatic rings. The number of rotatable bonds is 3. The van der Waals surface area contributed by atoms with Crippen LogP contribution in [0.1, 0.15) is 35.2 Å². The number of amides is 3. The molecule has 1 heterocycles. The minimum atomic E-state index is -0.100. The lowest BCUT2D eigenvalue weighted by atomic mass is 9.87. The summed E-state index contributed by atoms with van der Waals surface area (Å²) in [6.07, 6.45) is 2.52. The predicted molar refractivity (Wildman–Crippen MR) is 101 cm³/mol. The van der Waals surface area contributed by atoms with Crippen molar-refractivity contribution in [2.75, 3.05) is 0 Å². The Kier molecular flexibility index (Phi) is 4.37. The van der Waals surface area contributed by atoms with Gasteiger partial charge >= 0.3 is 6.03 Å². The second kappa shape index (κ2) is 6.83. The first-order valence-electron chi connectivity index (χ1n) is 9.15. The van der Waals surface area contributed by atoms with Crippen LogP contribution in [0, 0.1) is 6.92 Å². The van der Waals surface area contributed by atoms with Gasteiger partial charge in [-0.1, -0.05) is 42.5 Å². The monoisotopic (exact) mass is 349 g/mol. The molecule has 0 bridgehead atoms. The summed E-state index contributed by atoms with van der Waals surface area (Å²) in [5, 5.41) is 9.05. The van der Waals surface area contributed by atoms with E-state index in [4.69, 9.17) is 0 Å². The first-order chi connectivity index (χ1) is 12.6. The molecule has 0 spiro atoms. The topological polar surface area (TPSA) is 70.2 Å². The molecular formula is C21H23N3O2. The van der Waals surface area contributed by atoms with Crippen LogP contribution in [0.4, 0.5) is 4.79 Å². The fraction of sp³-hybridized carbons (Fsp3) is 0.333. The second-order valence-electron chi connectivity index (χ2n) is 7.17. The fourth-order valence-electron chi connectivity index (χ4n) is 4.07. The highest BCUT2D eigenvalue weighted by Crippen LogP contribution is 2.28. The average molecular weight is 349 g/mol. The lowest BCUT2D eigenvalue weighted by molar-refractivity contribution is 0.0923. The third-order valence-electron chi connectivity index (χ3n) is 5.43. The minimum Gasteiger partial charge on any atom is -0.349 e. The number of hydrogen-bond donors (Lipinski definition) is 3. The summed E-state index contributed by atoms with van der Waals surface area (Å²) in [6, 6.07) is 16.1. The minimum absolute atomic E-state index is 0.0513. The molecule has 0 radical (unpaired) electrons. The van der Waals surface area contributed by atoms with Gasteiger partial charge in [-0.25, -0.2) is 4.79 Å². The molecule has 1 saturated carbocycles. The third kappa shape index (κ3) is 3.17. The molecule has 3 unspecified atom stereocenters. The Bertz CT molecular complexity index is 849. The Hall–Kier alpha value is -2.82. The maximum atomic E-state index is 13.0. The largest absolute Gasteiger partial charge is 0.349 e. The molecule has 4 rings (SSSR count). The van der Waals surface area contributed by atoms with Crippen molar-refractivity contribution < 1.29 is 9.59 Å². The van der Waals surface area contributed by atoms with Gasteiger partial charge in [-0.05, 0) is 48.9 Å². The molecule has 3 amide bonds. The zero-order chi connectivity index (χ0) is 18.1. The maximum absolute atomic E-state index is 13.0. The van der Waals surface area contributed by atoms with Gasteiger partial charge in [0.2, 0.25) is 0 Å². The first-order valence-corrected chi connectivity index (χ1v) is 9.15. The molecule has 1 saturated heterocycles. The van der Waals surface area contributed by atoms with Crippen LogP contribution in [0.3, 0.4) is 0 Å². The molecule has 1 aliphatic heterocycles. The van der Waals surface area contributed by atoms with Gasteiger partial charge < -0.3 is 16.0 Å². The van der Waals surface area contributed by atoms with E-state index in [0.717, 1.165) is 36.0 Å². The van der Waals surface area contributed by atoms with Crippen LogP contribution < -0.4 is 16.0 Å². The van der Waals surface area contributed by atoms with E-state index in [0.29, 0.717) is 5.56 Å². The van der Waals surface area contributed by atoms with E-state index in [-0.39, 0.29) is 30.1 Å². The molecule has 134 valence electrons. The van der Waals surface area contributed by atoms with Gasteiger partial charge in [-0.2, -0.15) is 0 Å². The number of carbonyl (C=O) groups excluding carboxylic acids is 2. The number of fused-ring (bicyclic) bond motifs is 1. The summed E-state index contributed by atoms with van der Waals surface area (Å²) >= 11 is 0. The van der Waals surface area contributed by atoms with Crippen LogP contribution in [-0.2, 0) is 0 Å². The molecule has 2 aromatic carbocycles. The van der Waals surface area contributed by atoms with Gasteiger partial charge in [-0.15, -0.1) is 0 Å². The molecule has 1 aliphatic carbocycles. The summed E-state index contributed by atoms with van der Waals surface area (Å²) in [5.41, 5.74) is 3.87. The van der Waals surface area contributed by atoms with Gasteiger partial charge in [0.15, 0.2) is 0 Å². The Morgan fingerprint density at radius 2 is 1.65 bits per heavy atom. The first kappa shape index (κ1) is 16.6. The molecule has 2 fully saturated rings. The number of urea groups is 1. The van der Waals surface area contributed by atoms with E-state index in [1.807, 2.05) is 42.5 Å². The van der Waals surface area contributed by atoms with E-state index < -0.39 is 0 Å². The quantitative estimate of drug-likeness (QED) is 0.797. The molecule has 5 nitrogen and oxygen atoms in total. The van der Waals surface area contributed by atoms with Crippen molar-refractivity contribution in [1.29, 1.82) is 0 Å². The van der Waals surface area contributed by atoms with Gasteiger partial charge in [0, 0.05) is 11.6 Å². The van der Waals surface area contributed by atoms with Crippen LogP contribution in [-0.4, -0.2) is 30.1 Å². The Labute approximate surface area is 153 Å². The van der Waals surface area contributed by atoms with Crippen LogP contribution in [0.2, 0.25) is 0 Å². The summed E-state index contributed by atoms with van der Waals surface area (Å²) in [7, 11) is 0. The number of carbonyl (C=O) groups is 2. The zero-order valence-corrected chi connectivity index (χ0v) is 14.8. The highest BCUT2D eigenvalue weighted by molar-refractivity contribution is 6.01. The second-order valence-corrected chi connectivity index (χ2v) is 7.17. The van der Waals surface area contributed by atoms with Gasteiger partial charge in [-0.3, -0.25) is 4.79 Å². The van der Waals surface area contributed by atoms with Gasteiger partial charge in [0.1, 0.15) is 0 Å². The van der Waals surface area contributed by atoms with Crippen molar-refractivity contribution in [3.8, 4) is 11.1 Å². The Morgan fingerprint density at radius 3 is 2.46 bits per heavy atom. The zero-order valence-electron chi connectivity index (χ0n) is 14.8. The Morgan fingerprint density at radius 1 is 0.962 bits per heavy atom. The fourth-order valence-corrected chi connectivity index (χ4v) is 4.07. The van der Waals surface area contributed by atoms with Crippen LogP contribution >= 0.6 is 0 Å². The van der Waals surface area contributed by atoms with Crippen molar-refractivity contribution in [3.05, 3.63) is 59.7 Å². The van der Waals surface area contributed by atoms with Crippen molar-refractivity contribution in [3.63, 3.8) is 0 Å². The van der Waals surface area contributed by atoms with E-state index in [9.17, 15) is 9.59 Å². The van der Waals surface area contributed by atoms with Gasteiger partial charge in [0.25, 0.3) is 5.91 Å². The standard InChI is InChI=1S/C21H23N3O2/c1-13-6-2-3-7-15(13)16-8-4-5-9-17(16)20(25)22-14-10-11-18-19(12-14)24-21(26)23-18/h2-9,14,18-19H,10-12H2,1H3,(H,22,25)(H2,23,24,26). The van der Waals surface area contributed by atoms with Crippen molar-refractivity contribution in [2.45, 2.75) is 44.3 Å². The number of benzene rings is 2. The van der Waals surface area contributed by atoms with E-state index >= 15 is 0 Å². The van der Waals surface area contributed by atoms with Crippen molar-refractivity contribution in [2.24, 2.45) is 0 Å². The van der Waals surface area contributed by atoms with Crippen molar-refractivity contribution >= 4 is 11.9 Å². The maximum Gasteiger partial charge on any atom is 0.315 e. The molecule has 2 aromatic rings. The lowest BCUT2D eigenvalue weighted by Gasteiger charge is -2.31. The predicted octanol–water partition coefficient (Wildman–Crippen LogP) is 2.99. The average Bonchev–Trinajstić information content (AvgIpc) is 3.01. The van der Waals surface area contributed by atoms with E-state index in [1.54, 1.807) is 0 Å². The third-order valence-corrected chi connectivity index (χ3v) is 5.43. The van der Waals surface area contributed by atoms with E-state index in [2.05, 4.69) is 28.9 Å². The molecule has 26 heavy (non-hydrogen) atoms. The highest BCUT2D eigenvalue weighted by Gasteiger charge is 2.37. The van der Waals surface area contributed by atoms with E-state index in [1.165, 1.54) is 0 Å². The number of nitrogens with one attached hydrogen (secondary N) is 3. The molecule has 0 aromatic heterocycles. The number of hydrogen-bond acceptors (Lipinski definition) is 2. The lowest BCUT2D eigenvalue weighted by Crippen LogP contribution is -2.47. The number of aryl methyl sites for hydroxylation is 1. The summed E-state index contributed by atoms with van der Waals surface area (Å²) < 4.78 is 0. The van der Waals surface area contributed by atoms with Crippen LogP contribution in [0.15, 0.2) is 48.5 Å². The SMILES string of the molecule is Cc1ccccc1-c1ccccc1C(=O)NC1CCC2NC(=O)NC2C1. The normalized spacial score (nSPS) is 24.3. The molecule has 3 N–H and O–H groups in total. The smallest absolute Gasteiger partial charge is 0.315 e. The summed E-state index contributed by atoms with van der Waals surface area (Å²) in [4.78, 5) is 24.4. The highest BCUT2D eigenvalue weighted by atomic mass is 16.2. The van der Waals surface area contributed by atoms with Crippen molar-refractivity contribution in [1.82, 2.24) is 16.0 Å². The Balaban J connectivity index is 1.53. The van der Waals surface area contributed by atoms with Gasteiger partial charge in [0.05, 0.1) is 12.1 Å². The molecule has 3 atom stereocenters. The van der Waals surface area contributed by atoms with Crippen LogP contribution in [0.5, 0.6) is 0 Å².